The predicted molar refractivity (Wildman–Crippen MR) is 105 cm³/mol. The molecule has 0 heterocycles. The summed E-state index contributed by atoms with van der Waals surface area (Å²) >= 11 is 1.44. The molecule has 1 atom stereocenters. The van der Waals surface area contributed by atoms with Crippen LogP contribution in [0.15, 0.2) is 53.4 Å². The van der Waals surface area contributed by atoms with Gasteiger partial charge in [-0.2, -0.15) is 0 Å². The molecule has 0 fully saturated rings. The van der Waals surface area contributed by atoms with E-state index in [1.165, 1.54) is 23.4 Å². The van der Waals surface area contributed by atoms with Crippen molar-refractivity contribution in [3.63, 3.8) is 0 Å². The first-order chi connectivity index (χ1) is 12.4. The normalized spacial score (nSPS) is 12.0. The van der Waals surface area contributed by atoms with Crippen LogP contribution in [0.2, 0.25) is 0 Å². The summed E-state index contributed by atoms with van der Waals surface area (Å²) in [4.78, 5) is 26.1. The molecule has 2 aromatic carbocycles. The maximum atomic E-state index is 12.6. The number of nitro benzene ring substituents is 1. The van der Waals surface area contributed by atoms with Crippen LogP contribution in [0.1, 0.15) is 15.9 Å². The molecular weight excluding hydrogens is 350 g/mol. The van der Waals surface area contributed by atoms with E-state index in [1.54, 1.807) is 12.1 Å². The third-order valence-corrected chi connectivity index (χ3v) is 4.91. The van der Waals surface area contributed by atoms with Crippen molar-refractivity contribution in [3.05, 3.63) is 69.8 Å². The van der Waals surface area contributed by atoms with Gasteiger partial charge in [0, 0.05) is 23.5 Å². The highest BCUT2D eigenvalue weighted by molar-refractivity contribution is 7.98. The first kappa shape index (κ1) is 19.9. The Morgan fingerprint density at radius 3 is 2.50 bits per heavy atom. The molecule has 0 spiro atoms. The van der Waals surface area contributed by atoms with Gasteiger partial charge < -0.3 is 10.2 Å². The number of nitro groups is 1. The van der Waals surface area contributed by atoms with Crippen LogP contribution in [-0.2, 0) is 6.42 Å². The van der Waals surface area contributed by atoms with Crippen molar-refractivity contribution in [2.75, 3.05) is 26.9 Å². The van der Waals surface area contributed by atoms with E-state index in [0.717, 1.165) is 11.3 Å². The Bertz CT molecular complexity index is 766. The summed E-state index contributed by atoms with van der Waals surface area (Å²) in [5.41, 5.74) is 1.10. The van der Waals surface area contributed by atoms with Crippen molar-refractivity contribution in [1.82, 2.24) is 10.2 Å². The molecule has 0 radical (unpaired) electrons. The molecule has 0 aliphatic carbocycles. The number of amides is 1. The minimum absolute atomic E-state index is 0.0872. The molecule has 1 amide bonds. The second-order valence-corrected chi connectivity index (χ2v) is 7.04. The molecule has 0 bridgehead atoms. The topological polar surface area (TPSA) is 75.5 Å². The Morgan fingerprint density at radius 1 is 1.23 bits per heavy atom. The molecule has 138 valence electrons. The van der Waals surface area contributed by atoms with Crippen LogP contribution >= 0.6 is 11.8 Å². The molecule has 1 unspecified atom stereocenters. The predicted octanol–water partition coefficient (Wildman–Crippen LogP) is 3.22. The fourth-order valence-electron chi connectivity index (χ4n) is 2.61. The van der Waals surface area contributed by atoms with Crippen LogP contribution < -0.4 is 5.32 Å². The lowest BCUT2D eigenvalue weighted by molar-refractivity contribution is -0.385. The van der Waals surface area contributed by atoms with Crippen molar-refractivity contribution in [2.45, 2.75) is 17.4 Å². The zero-order valence-corrected chi connectivity index (χ0v) is 16.0. The lowest BCUT2D eigenvalue weighted by Crippen LogP contribution is -2.41. The fraction of sp³-hybridized carbons (Fsp3) is 0.316. The van der Waals surface area contributed by atoms with Crippen LogP contribution in [0, 0.1) is 10.1 Å². The number of nitrogens with one attached hydrogen (secondary N) is 1. The Hall–Kier alpha value is -2.38. The van der Waals surface area contributed by atoms with Crippen LogP contribution in [-0.4, -0.2) is 48.7 Å². The average molecular weight is 373 g/mol. The van der Waals surface area contributed by atoms with Gasteiger partial charge in [-0.05, 0) is 44.5 Å². The van der Waals surface area contributed by atoms with Crippen molar-refractivity contribution in [1.29, 1.82) is 0 Å². The molecule has 0 aliphatic rings. The molecular formula is C19H23N3O3S. The maximum absolute atomic E-state index is 12.6. The van der Waals surface area contributed by atoms with Crippen LogP contribution in [0.5, 0.6) is 0 Å². The van der Waals surface area contributed by atoms with E-state index in [0.29, 0.717) is 6.54 Å². The van der Waals surface area contributed by atoms with Crippen LogP contribution in [0.3, 0.4) is 0 Å². The van der Waals surface area contributed by atoms with E-state index in [9.17, 15) is 14.9 Å². The van der Waals surface area contributed by atoms with E-state index in [4.69, 9.17) is 0 Å². The van der Waals surface area contributed by atoms with Gasteiger partial charge in [-0.25, -0.2) is 0 Å². The van der Waals surface area contributed by atoms with Gasteiger partial charge in [-0.15, -0.1) is 11.8 Å². The summed E-state index contributed by atoms with van der Waals surface area (Å²) < 4.78 is 0. The van der Waals surface area contributed by atoms with Crippen molar-refractivity contribution in [2.24, 2.45) is 0 Å². The van der Waals surface area contributed by atoms with E-state index in [-0.39, 0.29) is 17.3 Å². The zero-order chi connectivity index (χ0) is 19.1. The lowest BCUT2D eigenvalue weighted by atomic mass is 10.0. The second-order valence-electron chi connectivity index (χ2n) is 6.16. The molecule has 7 heteroatoms. The quantitative estimate of drug-likeness (QED) is 0.437. The van der Waals surface area contributed by atoms with Gasteiger partial charge in [0.25, 0.3) is 11.6 Å². The lowest BCUT2D eigenvalue weighted by Gasteiger charge is -2.24. The van der Waals surface area contributed by atoms with Gasteiger partial charge in [-0.1, -0.05) is 30.3 Å². The van der Waals surface area contributed by atoms with E-state index < -0.39 is 10.8 Å². The SMILES string of the molecule is CSc1ccc([N+](=O)[O-])c(C(=O)NCC(Cc2ccccc2)N(C)C)c1. The van der Waals surface area contributed by atoms with Gasteiger partial charge in [0.2, 0.25) is 0 Å². The number of carbonyl (C=O) groups is 1. The van der Waals surface area contributed by atoms with E-state index >= 15 is 0 Å². The molecule has 0 aromatic heterocycles. The summed E-state index contributed by atoms with van der Waals surface area (Å²) in [6.45, 7) is 0.404. The summed E-state index contributed by atoms with van der Waals surface area (Å²) in [6.07, 6.45) is 2.64. The highest BCUT2D eigenvalue weighted by Gasteiger charge is 2.22. The average Bonchev–Trinajstić information content (AvgIpc) is 2.64. The first-order valence-corrected chi connectivity index (χ1v) is 9.45. The number of hydrogen-bond acceptors (Lipinski definition) is 5. The number of benzene rings is 2. The Morgan fingerprint density at radius 2 is 1.92 bits per heavy atom. The number of hydrogen-bond donors (Lipinski definition) is 1. The number of likely N-dealkylation sites (N-methyl/N-ethyl adjacent to an activating group) is 1. The largest absolute Gasteiger partial charge is 0.350 e. The minimum Gasteiger partial charge on any atom is -0.350 e. The monoisotopic (exact) mass is 373 g/mol. The molecule has 2 aromatic rings. The number of nitrogens with zero attached hydrogens (tertiary/aromatic N) is 2. The first-order valence-electron chi connectivity index (χ1n) is 8.23. The Balaban J connectivity index is 2.11. The smallest absolute Gasteiger partial charge is 0.282 e. The van der Waals surface area contributed by atoms with Gasteiger partial charge in [0.05, 0.1) is 4.92 Å². The molecule has 0 saturated carbocycles. The summed E-state index contributed by atoms with van der Waals surface area (Å²) in [5.74, 6) is -0.424. The zero-order valence-electron chi connectivity index (χ0n) is 15.1. The van der Waals surface area contributed by atoms with Gasteiger partial charge in [-0.3, -0.25) is 14.9 Å². The Labute approximate surface area is 157 Å². The highest BCUT2D eigenvalue weighted by atomic mass is 32.2. The number of carbonyl (C=O) groups excluding carboxylic acids is 1. The second kappa shape index (κ2) is 9.35. The fourth-order valence-corrected chi connectivity index (χ4v) is 3.05. The van der Waals surface area contributed by atoms with Gasteiger partial charge in [0.15, 0.2) is 0 Å². The number of thioether (sulfide) groups is 1. The standard InChI is InChI=1S/C19H23N3O3S/c1-21(2)15(11-14-7-5-4-6-8-14)13-20-19(23)17-12-16(26-3)9-10-18(17)22(24)25/h4-10,12,15H,11,13H2,1-3H3,(H,20,23). The molecule has 1 N–H and O–H groups in total. The molecule has 2 rings (SSSR count). The molecule has 26 heavy (non-hydrogen) atoms. The highest BCUT2D eigenvalue weighted by Crippen LogP contribution is 2.24. The van der Waals surface area contributed by atoms with Crippen molar-refractivity contribution >= 4 is 23.4 Å². The van der Waals surface area contributed by atoms with Crippen molar-refractivity contribution < 1.29 is 9.72 Å². The Kier molecular flexibility index (Phi) is 7.17. The third kappa shape index (κ3) is 5.31. The third-order valence-electron chi connectivity index (χ3n) is 4.19. The minimum atomic E-state index is -0.521. The maximum Gasteiger partial charge on any atom is 0.282 e. The van der Waals surface area contributed by atoms with Crippen LogP contribution in [0.25, 0.3) is 0 Å². The van der Waals surface area contributed by atoms with Gasteiger partial charge >= 0.3 is 0 Å². The van der Waals surface area contributed by atoms with Crippen LogP contribution in [0.4, 0.5) is 5.69 Å². The molecule has 6 nitrogen and oxygen atoms in total. The van der Waals surface area contributed by atoms with E-state index in [2.05, 4.69) is 5.32 Å². The molecule has 0 aliphatic heterocycles. The summed E-state index contributed by atoms with van der Waals surface area (Å²) in [5, 5.41) is 14.1. The summed E-state index contributed by atoms with van der Waals surface area (Å²) in [7, 11) is 3.91. The number of rotatable bonds is 8. The summed E-state index contributed by atoms with van der Waals surface area (Å²) in [6, 6.07) is 14.7. The van der Waals surface area contributed by atoms with Gasteiger partial charge in [0.1, 0.15) is 5.56 Å². The molecule has 0 saturated heterocycles. The van der Waals surface area contributed by atoms with E-state index in [1.807, 2.05) is 55.6 Å². The van der Waals surface area contributed by atoms with Crippen molar-refractivity contribution in [3.8, 4) is 0 Å².